The van der Waals surface area contributed by atoms with Crippen molar-refractivity contribution in [3.63, 3.8) is 0 Å². The fourth-order valence-electron chi connectivity index (χ4n) is 2.61. The molecule has 4 nitrogen and oxygen atoms in total. The molecule has 22 heavy (non-hydrogen) atoms. The van der Waals surface area contributed by atoms with Crippen LogP contribution < -0.4 is 14.8 Å². The molecule has 9 heteroatoms. The molecule has 1 N–H and O–H groups in total. The van der Waals surface area contributed by atoms with Gasteiger partial charge in [0.2, 0.25) is 6.79 Å². The molecule has 2 aliphatic heterocycles. The van der Waals surface area contributed by atoms with Gasteiger partial charge in [0.25, 0.3) is 6.43 Å². The molecule has 0 aromatic heterocycles. The first-order chi connectivity index (χ1) is 9.66. The summed E-state index contributed by atoms with van der Waals surface area (Å²) in [5, 5.41) is 3.17. The van der Waals surface area contributed by atoms with Gasteiger partial charge in [-0.3, -0.25) is 4.90 Å². The summed E-state index contributed by atoms with van der Waals surface area (Å²) in [6.07, 6.45) is -2.45. The van der Waals surface area contributed by atoms with E-state index in [1.807, 2.05) is 4.90 Å². The Kier molecular flexibility index (Phi) is 7.61. The molecular weight excluding hydrogens is 405 g/mol. The van der Waals surface area contributed by atoms with Crippen LogP contribution in [0, 0.1) is 0 Å². The highest BCUT2D eigenvalue weighted by Crippen LogP contribution is 2.42. The summed E-state index contributed by atoms with van der Waals surface area (Å²) in [6, 6.07) is 2.43. The Hall–Kier alpha value is -0.340. The number of hydrogen-bond acceptors (Lipinski definition) is 4. The maximum Gasteiger partial charge on any atom is 0.258 e. The number of alkyl halides is 2. The van der Waals surface area contributed by atoms with Crippen molar-refractivity contribution in [1.29, 1.82) is 0 Å². The summed E-state index contributed by atoms with van der Waals surface area (Å²) in [5.41, 5.74) is 0.547. The maximum atomic E-state index is 13.5. The number of fused-ring (bicyclic) bond motifs is 1. The molecule has 0 amide bonds. The fourth-order valence-corrected chi connectivity index (χ4v) is 3.17. The molecule has 3 rings (SSSR count). The largest absolute Gasteiger partial charge is 0.454 e. The first-order valence-electron chi connectivity index (χ1n) is 6.49. The molecule has 126 valence electrons. The molecule has 0 spiro atoms. The quantitative estimate of drug-likeness (QED) is 0.812. The van der Waals surface area contributed by atoms with Crippen LogP contribution in [0.1, 0.15) is 11.6 Å². The molecule has 1 aromatic carbocycles. The minimum Gasteiger partial charge on any atom is -0.454 e. The van der Waals surface area contributed by atoms with Gasteiger partial charge in [-0.25, -0.2) is 8.78 Å². The van der Waals surface area contributed by atoms with Crippen molar-refractivity contribution < 1.29 is 18.3 Å². The highest BCUT2D eigenvalue weighted by molar-refractivity contribution is 9.10. The summed E-state index contributed by atoms with van der Waals surface area (Å²) in [7, 11) is 0. The standard InChI is InChI=1S/C13H15BrF2N2O2.2ClH/c14-9-6-11-10(19-7-20-11)5-8(9)12(13(15)16)18-3-1-17-2-4-18;;/h5-6,12-13,17H,1-4,7H2;2*1H/t12-;;/m0../s1. The summed E-state index contributed by atoms with van der Waals surface area (Å²) in [5.74, 6) is 1.12. The Labute approximate surface area is 148 Å². The molecule has 1 aromatic rings. The van der Waals surface area contributed by atoms with Crippen LogP contribution in [-0.4, -0.2) is 44.3 Å². The number of nitrogens with zero attached hydrogens (tertiary/aromatic N) is 1. The van der Waals surface area contributed by atoms with Gasteiger partial charge in [-0.15, -0.1) is 24.8 Å². The number of ether oxygens (including phenoxy) is 2. The van der Waals surface area contributed by atoms with Crippen LogP contribution in [0.5, 0.6) is 11.5 Å². The topological polar surface area (TPSA) is 33.7 Å². The summed E-state index contributed by atoms with van der Waals surface area (Å²) >= 11 is 3.37. The van der Waals surface area contributed by atoms with E-state index in [2.05, 4.69) is 21.2 Å². The summed E-state index contributed by atoms with van der Waals surface area (Å²) < 4.78 is 38.3. The van der Waals surface area contributed by atoms with E-state index >= 15 is 0 Å². The molecule has 0 bridgehead atoms. The Morgan fingerprint density at radius 3 is 2.27 bits per heavy atom. The maximum absolute atomic E-state index is 13.5. The van der Waals surface area contributed by atoms with Gasteiger partial charge >= 0.3 is 0 Å². The zero-order valence-corrected chi connectivity index (χ0v) is 14.8. The molecule has 0 aliphatic carbocycles. The zero-order valence-electron chi connectivity index (χ0n) is 11.6. The third-order valence-electron chi connectivity index (χ3n) is 3.59. The van der Waals surface area contributed by atoms with E-state index in [0.717, 1.165) is 13.1 Å². The van der Waals surface area contributed by atoms with E-state index in [0.29, 0.717) is 34.6 Å². The SMILES string of the molecule is Cl.Cl.FC(F)[C@H](c1cc2c(cc1Br)OCO2)N1CCNCC1. The Morgan fingerprint density at radius 2 is 1.68 bits per heavy atom. The van der Waals surface area contributed by atoms with Gasteiger partial charge in [0.1, 0.15) is 0 Å². The van der Waals surface area contributed by atoms with Crippen molar-refractivity contribution >= 4 is 40.7 Å². The average Bonchev–Trinajstić information content (AvgIpc) is 2.87. The molecule has 1 saturated heterocycles. The Balaban J connectivity index is 0.00000121. The van der Waals surface area contributed by atoms with E-state index in [1.165, 1.54) is 0 Å². The van der Waals surface area contributed by atoms with Crippen molar-refractivity contribution in [3.8, 4) is 11.5 Å². The van der Waals surface area contributed by atoms with E-state index < -0.39 is 12.5 Å². The van der Waals surface area contributed by atoms with Crippen LogP contribution in [0.4, 0.5) is 8.78 Å². The Morgan fingerprint density at radius 1 is 1.09 bits per heavy atom. The van der Waals surface area contributed by atoms with Crippen LogP contribution in [0.25, 0.3) is 0 Å². The minimum absolute atomic E-state index is 0. The predicted molar refractivity (Wildman–Crippen MR) is 87.9 cm³/mol. The highest BCUT2D eigenvalue weighted by Gasteiger charge is 2.33. The van der Waals surface area contributed by atoms with Gasteiger partial charge in [-0.05, 0) is 17.7 Å². The number of halogens is 5. The van der Waals surface area contributed by atoms with Gasteiger partial charge < -0.3 is 14.8 Å². The summed E-state index contributed by atoms with van der Waals surface area (Å²) in [4.78, 5) is 1.81. The first-order valence-corrected chi connectivity index (χ1v) is 7.28. The second-order valence-electron chi connectivity index (χ2n) is 4.79. The van der Waals surface area contributed by atoms with E-state index in [4.69, 9.17) is 9.47 Å². The minimum atomic E-state index is -2.45. The fraction of sp³-hybridized carbons (Fsp3) is 0.538. The lowest BCUT2D eigenvalue weighted by Gasteiger charge is -2.35. The van der Waals surface area contributed by atoms with E-state index in [-0.39, 0.29) is 31.6 Å². The second-order valence-corrected chi connectivity index (χ2v) is 5.65. The molecule has 0 saturated carbocycles. The molecular formula is C13H17BrCl2F2N2O2. The van der Waals surface area contributed by atoms with Crippen molar-refractivity contribution in [3.05, 3.63) is 22.2 Å². The third kappa shape index (κ3) is 3.94. The normalized spacial score (nSPS) is 18.5. The van der Waals surface area contributed by atoms with Crippen molar-refractivity contribution in [1.82, 2.24) is 10.2 Å². The molecule has 0 radical (unpaired) electrons. The van der Waals surface area contributed by atoms with Gasteiger partial charge in [-0.1, -0.05) is 15.9 Å². The molecule has 0 unspecified atom stereocenters. The predicted octanol–water partition coefficient (Wildman–Crippen LogP) is 3.23. The van der Waals surface area contributed by atoms with Crippen LogP contribution in [0.3, 0.4) is 0 Å². The van der Waals surface area contributed by atoms with Gasteiger partial charge in [0.05, 0.1) is 6.04 Å². The molecule has 1 atom stereocenters. The number of hydrogen-bond donors (Lipinski definition) is 1. The van der Waals surface area contributed by atoms with Crippen molar-refractivity contribution in [2.75, 3.05) is 33.0 Å². The van der Waals surface area contributed by atoms with Gasteiger partial charge in [0, 0.05) is 30.7 Å². The number of piperazine rings is 1. The van der Waals surface area contributed by atoms with Crippen molar-refractivity contribution in [2.45, 2.75) is 12.5 Å². The van der Waals surface area contributed by atoms with E-state index in [1.54, 1.807) is 12.1 Å². The molecule has 2 heterocycles. The van der Waals surface area contributed by atoms with Crippen LogP contribution in [0.15, 0.2) is 16.6 Å². The van der Waals surface area contributed by atoms with Gasteiger partial charge in [-0.2, -0.15) is 0 Å². The highest BCUT2D eigenvalue weighted by atomic mass is 79.9. The van der Waals surface area contributed by atoms with Crippen LogP contribution in [-0.2, 0) is 0 Å². The Bertz CT molecular complexity index is 505. The average molecular weight is 422 g/mol. The lowest BCUT2D eigenvalue weighted by molar-refractivity contribution is 0.0177. The molecule has 1 fully saturated rings. The third-order valence-corrected chi connectivity index (χ3v) is 4.28. The first kappa shape index (κ1) is 19.7. The zero-order chi connectivity index (χ0) is 14.1. The van der Waals surface area contributed by atoms with Crippen molar-refractivity contribution in [2.24, 2.45) is 0 Å². The van der Waals surface area contributed by atoms with Gasteiger partial charge in [0.15, 0.2) is 11.5 Å². The van der Waals surface area contributed by atoms with Crippen LogP contribution >= 0.6 is 40.7 Å². The lowest BCUT2D eigenvalue weighted by Crippen LogP contribution is -2.47. The summed E-state index contributed by atoms with van der Waals surface area (Å²) in [6.45, 7) is 2.81. The monoisotopic (exact) mass is 420 g/mol. The number of rotatable bonds is 3. The second kappa shape index (κ2) is 8.49. The number of nitrogens with one attached hydrogen (secondary N) is 1. The van der Waals surface area contributed by atoms with Crippen LogP contribution in [0.2, 0.25) is 0 Å². The number of benzene rings is 1. The van der Waals surface area contributed by atoms with E-state index in [9.17, 15) is 8.78 Å². The smallest absolute Gasteiger partial charge is 0.258 e. The molecule has 2 aliphatic rings. The lowest BCUT2D eigenvalue weighted by atomic mass is 10.0.